The fourth-order valence-corrected chi connectivity index (χ4v) is 1.98. The predicted molar refractivity (Wildman–Crippen MR) is 56.0 cm³/mol. The molecule has 0 spiro atoms. The van der Waals surface area contributed by atoms with Gasteiger partial charge in [-0.25, -0.2) is 0 Å². The van der Waals surface area contributed by atoms with E-state index in [2.05, 4.69) is 11.8 Å². The largest absolute Gasteiger partial charge is 0.388 e. The average molecular weight is 183 g/mol. The summed E-state index contributed by atoms with van der Waals surface area (Å²) in [4.78, 5) is 2.47. The van der Waals surface area contributed by atoms with Gasteiger partial charge >= 0.3 is 0 Å². The van der Waals surface area contributed by atoms with Crippen molar-refractivity contribution in [2.24, 2.45) is 5.73 Å². The molecule has 0 amide bonds. The number of rotatable bonds is 3. The maximum absolute atomic E-state index is 7.25. The van der Waals surface area contributed by atoms with Crippen molar-refractivity contribution in [2.75, 3.05) is 13.1 Å². The molecule has 1 fully saturated rings. The molecule has 1 aliphatic heterocycles. The zero-order valence-corrected chi connectivity index (χ0v) is 8.55. The molecular formula is C10H21N3. The highest BCUT2D eigenvalue weighted by Gasteiger charge is 2.15. The summed E-state index contributed by atoms with van der Waals surface area (Å²) >= 11 is 0. The van der Waals surface area contributed by atoms with E-state index >= 15 is 0 Å². The fraction of sp³-hybridized carbons (Fsp3) is 0.900. The highest BCUT2D eigenvalue weighted by molar-refractivity contribution is 5.77. The summed E-state index contributed by atoms with van der Waals surface area (Å²) in [6, 6.07) is 0.454. The fourth-order valence-electron chi connectivity index (χ4n) is 1.98. The van der Waals surface area contributed by atoms with E-state index in [1.165, 1.54) is 38.8 Å². The van der Waals surface area contributed by atoms with Crippen molar-refractivity contribution in [3.8, 4) is 0 Å². The molecule has 1 heterocycles. The Morgan fingerprint density at radius 1 is 1.31 bits per heavy atom. The summed E-state index contributed by atoms with van der Waals surface area (Å²) in [6.07, 6.45) is 6.07. The van der Waals surface area contributed by atoms with E-state index in [1.54, 1.807) is 0 Å². The molecular weight excluding hydrogens is 162 g/mol. The van der Waals surface area contributed by atoms with Crippen molar-refractivity contribution in [2.45, 2.75) is 45.1 Å². The number of nitrogens with two attached hydrogens (primary N) is 1. The summed E-state index contributed by atoms with van der Waals surface area (Å²) in [6.45, 7) is 4.55. The second-order valence-electron chi connectivity index (χ2n) is 4.03. The molecule has 1 aliphatic rings. The van der Waals surface area contributed by atoms with Gasteiger partial charge in [0.05, 0.1) is 5.84 Å². The minimum absolute atomic E-state index is 0.316. The van der Waals surface area contributed by atoms with Crippen LogP contribution in [0.1, 0.15) is 39.0 Å². The van der Waals surface area contributed by atoms with E-state index in [0.29, 0.717) is 11.9 Å². The summed E-state index contributed by atoms with van der Waals surface area (Å²) in [5, 5.41) is 7.25. The van der Waals surface area contributed by atoms with E-state index in [4.69, 9.17) is 11.1 Å². The minimum atomic E-state index is 0.316. The molecule has 13 heavy (non-hydrogen) atoms. The molecule has 1 unspecified atom stereocenters. The first-order chi connectivity index (χ1) is 6.20. The standard InChI is InChI=1S/C10H21N3/c1-9(8-10(11)12)13-6-4-2-3-5-7-13/h9H,2-8H2,1H3,(H3,11,12). The molecule has 1 saturated heterocycles. The normalized spacial score (nSPS) is 22.2. The molecule has 0 saturated carbocycles. The third-order valence-electron chi connectivity index (χ3n) is 2.78. The van der Waals surface area contributed by atoms with Crippen LogP contribution in [-0.4, -0.2) is 29.9 Å². The number of hydrogen-bond acceptors (Lipinski definition) is 2. The second kappa shape index (κ2) is 5.22. The van der Waals surface area contributed by atoms with Crippen LogP contribution < -0.4 is 5.73 Å². The van der Waals surface area contributed by atoms with Crippen LogP contribution in [0.3, 0.4) is 0 Å². The first kappa shape index (κ1) is 10.5. The predicted octanol–water partition coefficient (Wildman–Crippen LogP) is 1.58. The molecule has 0 bridgehead atoms. The first-order valence-corrected chi connectivity index (χ1v) is 5.27. The van der Waals surface area contributed by atoms with Gasteiger partial charge in [-0.1, -0.05) is 12.8 Å². The molecule has 1 rings (SSSR count). The second-order valence-corrected chi connectivity index (χ2v) is 4.03. The lowest BCUT2D eigenvalue weighted by atomic mass is 10.2. The van der Waals surface area contributed by atoms with Crippen LogP contribution in [-0.2, 0) is 0 Å². The molecule has 0 aromatic rings. The lowest BCUT2D eigenvalue weighted by molar-refractivity contribution is 0.221. The molecule has 3 N–H and O–H groups in total. The average Bonchev–Trinajstić information content (AvgIpc) is 2.29. The minimum Gasteiger partial charge on any atom is -0.388 e. The molecule has 1 atom stereocenters. The zero-order valence-electron chi connectivity index (χ0n) is 8.55. The van der Waals surface area contributed by atoms with E-state index in [-0.39, 0.29) is 0 Å². The Morgan fingerprint density at radius 2 is 1.85 bits per heavy atom. The van der Waals surface area contributed by atoms with Gasteiger partial charge in [0.1, 0.15) is 0 Å². The maximum atomic E-state index is 7.25. The van der Waals surface area contributed by atoms with Crippen LogP contribution in [0.25, 0.3) is 0 Å². The Bertz CT molecular complexity index is 160. The lowest BCUT2D eigenvalue weighted by Crippen LogP contribution is -2.36. The summed E-state index contributed by atoms with van der Waals surface area (Å²) in [5.41, 5.74) is 5.40. The van der Waals surface area contributed by atoms with E-state index in [1.807, 2.05) is 0 Å². The zero-order chi connectivity index (χ0) is 9.68. The van der Waals surface area contributed by atoms with Crippen LogP contribution in [0, 0.1) is 5.41 Å². The molecule has 0 aliphatic carbocycles. The van der Waals surface area contributed by atoms with Gasteiger partial charge in [-0.15, -0.1) is 0 Å². The highest BCUT2D eigenvalue weighted by Crippen LogP contribution is 2.13. The Labute approximate surface area is 80.8 Å². The van der Waals surface area contributed by atoms with E-state index in [0.717, 1.165) is 6.42 Å². The van der Waals surface area contributed by atoms with Crippen molar-refractivity contribution in [3.05, 3.63) is 0 Å². The summed E-state index contributed by atoms with van der Waals surface area (Å²) in [7, 11) is 0. The molecule has 3 heteroatoms. The van der Waals surface area contributed by atoms with Gasteiger partial charge in [0, 0.05) is 12.5 Å². The van der Waals surface area contributed by atoms with E-state index in [9.17, 15) is 0 Å². The van der Waals surface area contributed by atoms with Crippen molar-refractivity contribution < 1.29 is 0 Å². The van der Waals surface area contributed by atoms with Crippen LogP contribution in [0.4, 0.5) is 0 Å². The van der Waals surface area contributed by atoms with Gasteiger partial charge in [-0.05, 0) is 32.9 Å². The van der Waals surface area contributed by atoms with Gasteiger partial charge in [0.25, 0.3) is 0 Å². The van der Waals surface area contributed by atoms with Gasteiger partial charge < -0.3 is 10.6 Å². The Hall–Kier alpha value is -0.570. The SMILES string of the molecule is CC(CC(=N)N)N1CCCCCC1. The lowest BCUT2D eigenvalue weighted by Gasteiger charge is -2.26. The number of likely N-dealkylation sites (tertiary alicyclic amines) is 1. The van der Waals surface area contributed by atoms with Crippen LogP contribution in [0.5, 0.6) is 0 Å². The number of hydrogen-bond donors (Lipinski definition) is 2. The van der Waals surface area contributed by atoms with Crippen molar-refractivity contribution in [1.82, 2.24) is 4.90 Å². The quantitative estimate of drug-likeness (QED) is 0.515. The number of nitrogens with one attached hydrogen (secondary N) is 1. The van der Waals surface area contributed by atoms with Crippen LogP contribution in [0.15, 0.2) is 0 Å². The smallest absolute Gasteiger partial charge is 0.0920 e. The maximum Gasteiger partial charge on any atom is 0.0920 e. The van der Waals surface area contributed by atoms with Crippen molar-refractivity contribution in [3.63, 3.8) is 0 Å². The molecule has 0 aromatic heterocycles. The van der Waals surface area contributed by atoms with Gasteiger partial charge in [0.2, 0.25) is 0 Å². The third-order valence-corrected chi connectivity index (χ3v) is 2.78. The van der Waals surface area contributed by atoms with Crippen molar-refractivity contribution >= 4 is 5.84 Å². The molecule has 76 valence electrons. The first-order valence-electron chi connectivity index (χ1n) is 5.27. The van der Waals surface area contributed by atoms with Crippen LogP contribution in [0.2, 0.25) is 0 Å². The molecule has 3 nitrogen and oxygen atoms in total. The number of nitrogens with zero attached hydrogens (tertiary/aromatic N) is 1. The van der Waals surface area contributed by atoms with Crippen molar-refractivity contribution in [1.29, 1.82) is 5.41 Å². The van der Waals surface area contributed by atoms with Gasteiger partial charge in [0.15, 0.2) is 0 Å². The summed E-state index contributed by atoms with van der Waals surface area (Å²) < 4.78 is 0. The third kappa shape index (κ3) is 3.77. The highest BCUT2D eigenvalue weighted by atomic mass is 15.1. The van der Waals surface area contributed by atoms with Crippen LogP contribution >= 0.6 is 0 Å². The Morgan fingerprint density at radius 3 is 2.31 bits per heavy atom. The molecule has 0 aromatic carbocycles. The molecule has 0 radical (unpaired) electrons. The Kier molecular flexibility index (Phi) is 4.22. The van der Waals surface area contributed by atoms with E-state index < -0.39 is 0 Å². The monoisotopic (exact) mass is 183 g/mol. The topological polar surface area (TPSA) is 53.1 Å². The van der Waals surface area contributed by atoms with Gasteiger partial charge in [-0.3, -0.25) is 5.41 Å². The number of amidine groups is 1. The summed E-state index contributed by atoms with van der Waals surface area (Å²) in [5.74, 6) is 0.316. The Balaban J connectivity index is 2.34. The van der Waals surface area contributed by atoms with Gasteiger partial charge in [-0.2, -0.15) is 0 Å².